The van der Waals surface area contributed by atoms with Gasteiger partial charge in [0.2, 0.25) is 0 Å². The molecule has 1 nitrogen and oxygen atoms in total. The smallest absolute Gasteiger partial charge is 0 e. The molecule has 0 aliphatic heterocycles. The molecule has 0 saturated heterocycles. The second kappa shape index (κ2) is 34.3. The molecule has 0 amide bonds. The van der Waals surface area contributed by atoms with E-state index >= 15 is 0 Å². The maximum absolute atomic E-state index is 7.75. The molecular weight excluding hydrogens is 396 g/mol. The zero-order valence-electron chi connectivity index (χ0n) is 1.80. The Kier molecular flexibility index (Phi) is 169. The third-order valence-electron chi connectivity index (χ3n) is 0. The van der Waals surface area contributed by atoms with Crippen LogP contribution in [-0.2, 0) is 46.9 Å². The average Bonchev–Trinajstić information content (AvgIpc) is 1.00. The summed E-state index contributed by atoms with van der Waals surface area (Å²) in [4.78, 5) is 7.75. The standard InChI is InChI=1S/CHO.2W/c1-2;;/h1H;;/q-1;;. The van der Waals surface area contributed by atoms with Crippen molar-refractivity contribution in [3.05, 3.63) is 0 Å². The Bertz CT molecular complexity index is 6.00. The van der Waals surface area contributed by atoms with E-state index in [0.717, 1.165) is 0 Å². The Hall–Kier alpha value is 1.05. The molecule has 3 heteroatoms. The van der Waals surface area contributed by atoms with E-state index in [2.05, 4.69) is 6.79 Å². The van der Waals surface area contributed by atoms with Crippen molar-refractivity contribution in [2.45, 2.75) is 0 Å². The summed E-state index contributed by atoms with van der Waals surface area (Å²) in [6, 6.07) is 0. The van der Waals surface area contributed by atoms with Gasteiger partial charge in [0, 0.05) is 42.1 Å². The van der Waals surface area contributed by atoms with Crippen LogP contribution in [0, 0.1) is 0 Å². The number of rotatable bonds is 0. The Morgan fingerprint density at radius 3 is 1.00 bits per heavy atom. The van der Waals surface area contributed by atoms with Crippen LogP contribution in [0.4, 0.5) is 0 Å². The molecule has 0 radical (unpaired) electrons. The molecule has 0 bridgehead atoms. The maximum atomic E-state index is 7.75. The fraction of sp³-hybridized carbons (Fsp3) is 0. The molecule has 24 valence electrons. The molecule has 0 saturated carbocycles. The average molecular weight is 397 g/mol. The van der Waals surface area contributed by atoms with E-state index < -0.39 is 0 Å². The summed E-state index contributed by atoms with van der Waals surface area (Å²) in [6.07, 6.45) is 0. The summed E-state index contributed by atoms with van der Waals surface area (Å²) in [5.74, 6) is 0. The van der Waals surface area contributed by atoms with Crippen LogP contribution < -0.4 is 0 Å². The van der Waals surface area contributed by atoms with Crippen LogP contribution in [0.15, 0.2) is 0 Å². The van der Waals surface area contributed by atoms with Gasteiger partial charge in [-0.05, 0) is 0 Å². The van der Waals surface area contributed by atoms with E-state index in [1.54, 1.807) is 0 Å². The van der Waals surface area contributed by atoms with Crippen molar-refractivity contribution in [2.24, 2.45) is 0 Å². The van der Waals surface area contributed by atoms with Crippen LogP contribution in [0.25, 0.3) is 0 Å². The van der Waals surface area contributed by atoms with Crippen LogP contribution in [0.3, 0.4) is 0 Å². The number of hydrogen-bond acceptors (Lipinski definition) is 1. The molecule has 0 aromatic rings. The van der Waals surface area contributed by atoms with Crippen molar-refractivity contribution in [2.75, 3.05) is 0 Å². The monoisotopic (exact) mass is 397 g/mol. The van der Waals surface area contributed by atoms with Crippen LogP contribution in [-0.4, -0.2) is 6.79 Å². The fourth-order valence-corrected chi connectivity index (χ4v) is 0. The van der Waals surface area contributed by atoms with Gasteiger partial charge in [-0.15, -0.1) is 0 Å². The first-order chi connectivity index (χ1) is 1.00. The normalized spacial score (nSPS) is 1.00. The Labute approximate surface area is 53.7 Å². The van der Waals surface area contributed by atoms with Gasteiger partial charge in [-0.3, -0.25) is 6.79 Å². The molecule has 0 aliphatic rings. The minimum Gasteiger partial charge on any atom is -0.545 e. The van der Waals surface area contributed by atoms with Crippen molar-refractivity contribution in [1.29, 1.82) is 0 Å². The summed E-state index contributed by atoms with van der Waals surface area (Å²) in [5, 5.41) is 0. The fourth-order valence-electron chi connectivity index (χ4n) is 0. The first-order valence-electron chi connectivity index (χ1n) is 0.236. The van der Waals surface area contributed by atoms with Crippen molar-refractivity contribution in [3.63, 3.8) is 0 Å². The topological polar surface area (TPSA) is 17.1 Å². The van der Waals surface area contributed by atoms with Crippen LogP contribution >= 0.6 is 0 Å². The SMILES string of the molecule is [CH-]=O.[W].[W]. The van der Waals surface area contributed by atoms with E-state index in [1.807, 2.05) is 0 Å². The molecule has 0 spiro atoms. The molecule has 4 heavy (non-hydrogen) atoms. The Morgan fingerprint density at radius 1 is 1.00 bits per heavy atom. The minimum atomic E-state index is 0. The third kappa shape index (κ3) is 11.6. The second-order valence-corrected chi connectivity index (χ2v) is 0. The molecule has 0 rings (SSSR count). The van der Waals surface area contributed by atoms with Gasteiger partial charge in [-0.25, -0.2) is 0 Å². The van der Waals surface area contributed by atoms with Gasteiger partial charge < -0.3 is 4.79 Å². The molecule has 0 unspecified atom stereocenters. The van der Waals surface area contributed by atoms with E-state index in [1.165, 1.54) is 0 Å². The zero-order chi connectivity index (χ0) is 2.00. The molecule has 0 atom stereocenters. The van der Waals surface area contributed by atoms with E-state index in [9.17, 15) is 0 Å². The molecule has 0 aromatic carbocycles. The number of carbonyl (C=O) groups excluding carboxylic acids is 1. The van der Waals surface area contributed by atoms with Gasteiger partial charge in [-0.1, -0.05) is 0 Å². The summed E-state index contributed by atoms with van der Waals surface area (Å²) >= 11 is 0. The summed E-state index contributed by atoms with van der Waals surface area (Å²) < 4.78 is 0. The van der Waals surface area contributed by atoms with Gasteiger partial charge in [0.15, 0.2) is 0 Å². The first-order valence-corrected chi connectivity index (χ1v) is 0.236. The maximum Gasteiger partial charge on any atom is 0 e. The van der Waals surface area contributed by atoms with Crippen LogP contribution in [0.2, 0.25) is 0 Å². The van der Waals surface area contributed by atoms with Gasteiger partial charge in [0.25, 0.3) is 0 Å². The van der Waals surface area contributed by atoms with E-state index in [-0.39, 0.29) is 42.1 Å². The van der Waals surface area contributed by atoms with Crippen molar-refractivity contribution in [1.82, 2.24) is 0 Å². The van der Waals surface area contributed by atoms with Crippen LogP contribution in [0.5, 0.6) is 0 Å². The van der Waals surface area contributed by atoms with Gasteiger partial charge in [0.1, 0.15) is 0 Å². The predicted molar refractivity (Wildman–Crippen MR) is 6.75 cm³/mol. The minimum absolute atomic E-state index is 0. The predicted octanol–water partition coefficient (Wildman–Crippen LogP) is -0.279. The van der Waals surface area contributed by atoms with E-state index in [0.29, 0.717) is 0 Å². The first kappa shape index (κ1) is 19.7. The quantitative estimate of drug-likeness (QED) is 0.407. The molecule has 0 N–H and O–H groups in total. The van der Waals surface area contributed by atoms with Crippen molar-refractivity contribution < 1.29 is 46.9 Å². The summed E-state index contributed by atoms with van der Waals surface area (Å²) in [7, 11) is 0. The van der Waals surface area contributed by atoms with Gasteiger partial charge in [0.05, 0.1) is 0 Å². The van der Waals surface area contributed by atoms with Crippen molar-refractivity contribution >= 4 is 6.79 Å². The molecule has 0 aromatic heterocycles. The third-order valence-corrected chi connectivity index (χ3v) is 0. The summed E-state index contributed by atoms with van der Waals surface area (Å²) in [6.45, 7) is 3.25. The van der Waals surface area contributed by atoms with Gasteiger partial charge in [-0.2, -0.15) is 0 Å². The largest absolute Gasteiger partial charge is 0.545 e. The second-order valence-electron chi connectivity index (χ2n) is 0. The molecule has 0 heterocycles. The molecule has 0 aliphatic carbocycles. The van der Waals surface area contributed by atoms with Crippen LogP contribution in [0.1, 0.15) is 0 Å². The number of hydrogen-bond donors (Lipinski definition) is 0. The summed E-state index contributed by atoms with van der Waals surface area (Å²) in [5.41, 5.74) is 0. The van der Waals surface area contributed by atoms with Gasteiger partial charge >= 0.3 is 0 Å². The molecular formula is CHOW2-. The molecule has 0 fully saturated rings. The Morgan fingerprint density at radius 2 is 1.00 bits per heavy atom. The van der Waals surface area contributed by atoms with E-state index in [4.69, 9.17) is 4.79 Å². The zero-order valence-corrected chi connectivity index (χ0v) is 7.67. The van der Waals surface area contributed by atoms with Crippen molar-refractivity contribution in [3.8, 4) is 0 Å². The Balaban J connectivity index is -0.00000000500.